The van der Waals surface area contributed by atoms with E-state index in [9.17, 15) is 4.79 Å². The highest BCUT2D eigenvalue weighted by Gasteiger charge is 2.17. The molecule has 7 nitrogen and oxygen atoms in total. The maximum Gasteiger partial charge on any atom is 0.233 e. The topological polar surface area (TPSA) is 73.1 Å². The summed E-state index contributed by atoms with van der Waals surface area (Å²) in [5.41, 5.74) is 0.846. The average molecular weight is 361 g/mol. The predicted octanol–water partition coefficient (Wildman–Crippen LogP) is 2.56. The number of nitrogens with zero attached hydrogens (tertiary/aromatic N) is 5. The summed E-state index contributed by atoms with van der Waals surface area (Å²) in [5, 5.41) is 12.5. The lowest BCUT2D eigenvalue weighted by Crippen LogP contribution is -2.33. The predicted molar refractivity (Wildman–Crippen MR) is 96.1 cm³/mol. The van der Waals surface area contributed by atoms with Crippen molar-refractivity contribution in [3.05, 3.63) is 24.3 Å². The fraction of sp³-hybridized carbons (Fsp3) is 0.529. The summed E-state index contributed by atoms with van der Waals surface area (Å²) in [5.74, 6) is 1.33. The Labute approximate surface area is 151 Å². The molecule has 0 bridgehead atoms. The van der Waals surface area contributed by atoms with Crippen molar-refractivity contribution >= 4 is 17.7 Å². The molecule has 1 aliphatic heterocycles. The summed E-state index contributed by atoms with van der Waals surface area (Å²) >= 11 is 1.38. The second-order valence-corrected chi connectivity index (χ2v) is 6.83. The first-order chi connectivity index (χ1) is 12.3. The van der Waals surface area contributed by atoms with Gasteiger partial charge in [0.2, 0.25) is 11.1 Å². The van der Waals surface area contributed by atoms with Gasteiger partial charge >= 0.3 is 0 Å². The van der Waals surface area contributed by atoms with Crippen LogP contribution in [0.1, 0.15) is 32.6 Å². The highest BCUT2D eigenvalue weighted by molar-refractivity contribution is 7.99. The number of amides is 1. The molecule has 1 saturated heterocycles. The Hall–Kier alpha value is -2.09. The van der Waals surface area contributed by atoms with Gasteiger partial charge in [-0.25, -0.2) is 0 Å². The fourth-order valence-corrected chi connectivity index (χ4v) is 3.61. The van der Waals surface area contributed by atoms with Crippen LogP contribution in [0.15, 0.2) is 29.4 Å². The zero-order valence-corrected chi connectivity index (χ0v) is 15.2. The summed E-state index contributed by atoms with van der Waals surface area (Å²) in [6.07, 6.45) is 4.63. The minimum absolute atomic E-state index is 0.160. The molecule has 2 heterocycles. The lowest BCUT2D eigenvalue weighted by Gasteiger charge is -2.19. The molecule has 1 aliphatic rings. The van der Waals surface area contributed by atoms with Crippen LogP contribution in [0, 0.1) is 0 Å². The van der Waals surface area contributed by atoms with Crippen LogP contribution in [0.2, 0.25) is 0 Å². The number of benzene rings is 1. The van der Waals surface area contributed by atoms with Crippen LogP contribution in [0.3, 0.4) is 0 Å². The molecule has 1 fully saturated rings. The fourth-order valence-electron chi connectivity index (χ4n) is 2.82. The Bertz CT molecular complexity index is 681. The lowest BCUT2D eigenvalue weighted by molar-refractivity contribution is -0.128. The summed E-state index contributed by atoms with van der Waals surface area (Å²) in [6.45, 7) is 4.31. The third kappa shape index (κ3) is 4.72. The molecular formula is C17H23N5O2S. The third-order valence-corrected chi connectivity index (χ3v) is 5.02. The van der Waals surface area contributed by atoms with Crippen LogP contribution < -0.4 is 4.74 Å². The number of likely N-dealkylation sites (tertiary alicyclic amines) is 1. The lowest BCUT2D eigenvalue weighted by atomic mass is 10.2. The second-order valence-electron chi connectivity index (χ2n) is 5.88. The Kier molecular flexibility index (Phi) is 6.27. The van der Waals surface area contributed by atoms with Gasteiger partial charge in [-0.2, -0.15) is 4.68 Å². The Morgan fingerprint density at radius 2 is 1.88 bits per heavy atom. The minimum Gasteiger partial charge on any atom is -0.494 e. The maximum absolute atomic E-state index is 12.4. The van der Waals surface area contributed by atoms with E-state index in [-0.39, 0.29) is 5.91 Å². The highest BCUT2D eigenvalue weighted by Crippen LogP contribution is 2.21. The van der Waals surface area contributed by atoms with Crippen molar-refractivity contribution in [1.82, 2.24) is 25.1 Å². The van der Waals surface area contributed by atoms with Crippen molar-refractivity contribution < 1.29 is 9.53 Å². The van der Waals surface area contributed by atoms with Crippen LogP contribution in [0.5, 0.6) is 5.75 Å². The number of thioether (sulfide) groups is 1. The monoisotopic (exact) mass is 361 g/mol. The second kappa shape index (κ2) is 8.84. The molecule has 8 heteroatoms. The number of carbonyl (C=O) groups is 1. The SMILES string of the molecule is CCOc1ccc(-n2nnnc2SCC(=O)N2CCCCCC2)cc1. The van der Waals surface area contributed by atoms with E-state index >= 15 is 0 Å². The molecule has 2 aromatic rings. The van der Waals surface area contributed by atoms with Gasteiger partial charge < -0.3 is 9.64 Å². The van der Waals surface area contributed by atoms with E-state index in [4.69, 9.17) is 4.74 Å². The van der Waals surface area contributed by atoms with E-state index in [0.29, 0.717) is 17.5 Å². The molecule has 1 aromatic carbocycles. The van der Waals surface area contributed by atoms with E-state index in [1.165, 1.54) is 24.6 Å². The normalized spacial score (nSPS) is 15.0. The molecular weight excluding hydrogens is 338 g/mol. The highest BCUT2D eigenvalue weighted by atomic mass is 32.2. The van der Waals surface area contributed by atoms with Crippen molar-refractivity contribution in [1.29, 1.82) is 0 Å². The smallest absolute Gasteiger partial charge is 0.233 e. The molecule has 3 rings (SSSR count). The zero-order valence-electron chi connectivity index (χ0n) is 14.4. The van der Waals surface area contributed by atoms with Crippen LogP contribution in [0.25, 0.3) is 5.69 Å². The average Bonchev–Trinajstić information content (AvgIpc) is 2.93. The number of carbonyl (C=O) groups excluding carboxylic acids is 1. The largest absolute Gasteiger partial charge is 0.494 e. The van der Waals surface area contributed by atoms with E-state index in [2.05, 4.69) is 15.5 Å². The van der Waals surface area contributed by atoms with Crippen molar-refractivity contribution in [2.24, 2.45) is 0 Å². The first-order valence-corrected chi connectivity index (χ1v) is 9.68. The van der Waals surface area contributed by atoms with E-state index < -0.39 is 0 Å². The van der Waals surface area contributed by atoms with Gasteiger partial charge in [0.15, 0.2) is 0 Å². The van der Waals surface area contributed by atoms with Gasteiger partial charge in [0.05, 0.1) is 18.0 Å². The van der Waals surface area contributed by atoms with Crippen LogP contribution in [-0.2, 0) is 4.79 Å². The quantitative estimate of drug-likeness (QED) is 0.736. The number of hydrogen-bond acceptors (Lipinski definition) is 6. The van der Waals surface area contributed by atoms with Crippen molar-refractivity contribution in [3.8, 4) is 11.4 Å². The minimum atomic E-state index is 0.160. The van der Waals surface area contributed by atoms with E-state index in [1.807, 2.05) is 36.1 Å². The summed E-state index contributed by atoms with van der Waals surface area (Å²) < 4.78 is 7.10. The summed E-state index contributed by atoms with van der Waals surface area (Å²) in [7, 11) is 0. The molecule has 0 atom stereocenters. The Morgan fingerprint density at radius 3 is 2.56 bits per heavy atom. The van der Waals surface area contributed by atoms with Crippen LogP contribution >= 0.6 is 11.8 Å². The number of tetrazole rings is 1. The first kappa shape index (κ1) is 17.7. The molecule has 134 valence electrons. The molecule has 25 heavy (non-hydrogen) atoms. The number of aromatic nitrogens is 4. The van der Waals surface area contributed by atoms with Crippen LogP contribution in [-0.4, -0.2) is 56.5 Å². The molecule has 0 unspecified atom stereocenters. The van der Waals surface area contributed by atoms with Gasteiger partial charge in [0.25, 0.3) is 0 Å². The molecule has 1 aromatic heterocycles. The van der Waals surface area contributed by atoms with Gasteiger partial charge in [-0.1, -0.05) is 24.6 Å². The number of hydrogen-bond donors (Lipinski definition) is 0. The molecule has 0 aliphatic carbocycles. The van der Waals surface area contributed by atoms with Gasteiger partial charge in [0, 0.05) is 13.1 Å². The van der Waals surface area contributed by atoms with E-state index in [0.717, 1.165) is 37.4 Å². The standard InChI is InChI=1S/C17H23N5O2S/c1-2-24-15-9-7-14(8-10-15)22-17(18-19-20-22)25-13-16(23)21-11-5-3-4-6-12-21/h7-10H,2-6,11-13H2,1H3. The summed E-state index contributed by atoms with van der Waals surface area (Å²) in [6, 6.07) is 7.58. The zero-order chi connectivity index (χ0) is 17.5. The van der Waals surface area contributed by atoms with Crippen LogP contribution in [0.4, 0.5) is 0 Å². The maximum atomic E-state index is 12.4. The Balaban J connectivity index is 1.62. The van der Waals surface area contributed by atoms with Crippen molar-refractivity contribution in [2.75, 3.05) is 25.4 Å². The van der Waals surface area contributed by atoms with Gasteiger partial charge in [0.1, 0.15) is 5.75 Å². The molecule has 0 radical (unpaired) electrons. The Morgan fingerprint density at radius 1 is 1.16 bits per heavy atom. The molecule has 1 amide bonds. The van der Waals surface area contributed by atoms with Crippen molar-refractivity contribution in [2.45, 2.75) is 37.8 Å². The third-order valence-electron chi connectivity index (χ3n) is 4.12. The molecule has 0 saturated carbocycles. The molecule has 0 N–H and O–H groups in total. The van der Waals surface area contributed by atoms with Gasteiger partial charge in [-0.05, 0) is 54.5 Å². The first-order valence-electron chi connectivity index (χ1n) is 8.70. The number of rotatable bonds is 6. The van der Waals surface area contributed by atoms with Gasteiger partial charge in [-0.15, -0.1) is 5.10 Å². The number of ether oxygens (including phenoxy) is 1. The molecule has 0 spiro atoms. The van der Waals surface area contributed by atoms with E-state index in [1.54, 1.807) is 4.68 Å². The summed E-state index contributed by atoms with van der Waals surface area (Å²) in [4.78, 5) is 14.4. The van der Waals surface area contributed by atoms with Crippen molar-refractivity contribution in [3.63, 3.8) is 0 Å². The van der Waals surface area contributed by atoms with Gasteiger partial charge in [-0.3, -0.25) is 4.79 Å².